The van der Waals surface area contributed by atoms with E-state index in [9.17, 15) is 18.0 Å². The molecule has 14 heavy (non-hydrogen) atoms. The molecule has 1 aliphatic rings. The minimum Gasteiger partial charge on any atom is -0.271 e. The van der Waals surface area contributed by atoms with E-state index in [1.165, 1.54) is 6.92 Å². The summed E-state index contributed by atoms with van der Waals surface area (Å²) < 4.78 is 36.3. The van der Waals surface area contributed by atoms with Gasteiger partial charge in [-0.3, -0.25) is 4.79 Å². The third kappa shape index (κ3) is 1.82. The Morgan fingerprint density at radius 2 is 2.14 bits per heavy atom. The number of carbonyl (C=O) groups excluding carboxylic acids is 1. The van der Waals surface area contributed by atoms with Crippen molar-refractivity contribution in [3.8, 4) is 6.07 Å². The van der Waals surface area contributed by atoms with Crippen molar-refractivity contribution >= 4 is 11.6 Å². The Morgan fingerprint density at radius 3 is 2.50 bits per heavy atom. The summed E-state index contributed by atoms with van der Waals surface area (Å²) in [5.41, 5.74) is -1.17. The molecule has 74 valence electrons. The molecule has 1 heterocycles. The van der Waals surface area contributed by atoms with Crippen LogP contribution in [0.3, 0.4) is 0 Å². The van der Waals surface area contributed by atoms with E-state index < -0.39 is 23.7 Å². The first-order valence-electron chi connectivity index (χ1n) is 3.64. The van der Waals surface area contributed by atoms with Crippen molar-refractivity contribution in [1.82, 2.24) is 0 Å². The van der Waals surface area contributed by atoms with E-state index in [0.717, 1.165) is 6.08 Å². The molecule has 1 rings (SSSR count). The normalized spacial score (nSPS) is 22.5. The van der Waals surface area contributed by atoms with E-state index in [1.807, 2.05) is 0 Å². The van der Waals surface area contributed by atoms with Crippen molar-refractivity contribution in [3.05, 3.63) is 11.6 Å². The van der Waals surface area contributed by atoms with Crippen LogP contribution in [-0.2, 0) is 4.79 Å². The van der Waals surface area contributed by atoms with Crippen molar-refractivity contribution in [3.63, 3.8) is 0 Å². The first-order chi connectivity index (χ1) is 6.36. The molecule has 0 aliphatic carbocycles. The molecular weight excluding hydrogens is 197 g/mol. The monoisotopic (exact) mass is 202 g/mol. The quantitative estimate of drug-likeness (QED) is 0.599. The van der Waals surface area contributed by atoms with Crippen LogP contribution in [0.15, 0.2) is 16.6 Å². The fourth-order valence-electron chi connectivity index (χ4n) is 1.01. The molecule has 0 spiro atoms. The molecule has 3 nitrogen and oxygen atoms in total. The van der Waals surface area contributed by atoms with Crippen molar-refractivity contribution < 1.29 is 18.0 Å². The summed E-state index contributed by atoms with van der Waals surface area (Å²) >= 11 is 0. The van der Waals surface area contributed by atoms with Crippen LogP contribution in [0.1, 0.15) is 6.92 Å². The van der Waals surface area contributed by atoms with Gasteiger partial charge in [0.1, 0.15) is 11.6 Å². The standard InChI is InChI=1S/C8H5F3N2O/c1-4-2-6(8(9,10)11)13-7(14)5(4)3-12/h2,5H,1H3. The summed E-state index contributed by atoms with van der Waals surface area (Å²) in [6.45, 7) is 1.30. The smallest absolute Gasteiger partial charge is 0.271 e. The Hall–Kier alpha value is -1.64. The SMILES string of the molecule is CC1=CC(C(F)(F)F)=NC(=O)C1C#N. The lowest BCUT2D eigenvalue weighted by atomic mass is 9.97. The zero-order valence-electron chi connectivity index (χ0n) is 7.09. The number of dihydropyridines is 1. The first-order valence-corrected chi connectivity index (χ1v) is 3.64. The van der Waals surface area contributed by atoms with Crippen LogP contribution in [0.25, 0.3) is 0 Å². The zero-order chi connectivity index (χ0) is 10.9. The zero-order valence-corrected chi connectivity index (χ0v) is 7.09. The maximum Gasteiger partial charge on any atom is 0.433 e. The Bertz CT molecular complexity index is 373. The molecule has 0 fully saturated rings. The lowest BCUT2D eigenvalue weighted by Crippen LogP contribution is -2.28. The van der Waals surface area contributed by atoms with Gasteiger partial charge < -0.3 is 0 Å². The predicted molar refractivity (Wildman–Crippen MR) is 41.4 cm³/mol. The van der Waals surface area contributed by atoms with Gasteiger partial charge in [-0.25, -0.2) is 4.99 Å². The molecule has 0 aromatic heterocycles. The maximum atomic E-state index is 12.1. The van der Waals surface area contributed by atoms with Crippen molar-refractivity contribution in [1.29, 1.82) is 5.26 Å². The number of alkyl halides is 3. The molecule has 0 saturated carbocycles. The number of aliphatic imine (C=N–C) groups is 1. The van der Waals surface area contributed by atoms with Crippen LogP contribution in [0.4, 0.5) is 13.2 Å². The van der Waals surface area contributed by atoms with Gasteiger partial charge in [0.15, 0.2) is 0 Å². The third-order valence-corrected chi connectivity index (χ3v) is 1.72. The van der Waals surface area contributed by atoms with Gasteiger partial charge in [-0.1, -0.05) is 0 Å². The number of hydrogen-bond acceptors (Lipinski definition) is 2. The Labute approximate surface area is 77.5 Å². The van der Waals surface area contributed by atoms with Crippen molar-refractivity contribution in [2.75, 3.05) is 0 Å². The Balaban J connectivity index is 3.10. The van der Waals surface area contributed by atoms with Gasteiger partial charge in [0.05, 0.1) is 6.07 Å². The van der Waals surface area contributed by atoms with Gasteiger partial charge in [-0.05, 0) is 18.6 Å². The van der Waals surface area contributed by atoms with E-state index in [0.29, 0.717) is 0 Å². The van der Waals surface area contributed by atoms with Gasteiger partial charge in [0.25, 0.3) is 5.91 Å². The minimum atomic E-state index is -4.64. The van der Waals surface area contributed by atoms with Gasteiger partial charge >= 0.3 is 6.18 Å². The minimum absolute atomic E-state index is 0.0693. The Kier molecular flexibility index (Phi) is 2.43. The number of amides is 1. The average molecular weight is 202 g/mol. The summed E-state index contributed by atoms with van der Waals surface area (Å²) in [5.74, 6) is -2.24. The lowest BCUT2D eigenvalue weighted by Gasteiger charge is -2.14. The predicted octanol–water partition coefficient (Wildman–Crippen LogP) is 1.62. The van der Waals surface area contributed by atoms with Crippen LogP contribution in [0.2, 0.25) is 0 Å². The highest BCUT2D eigenvalue weighted by Crippen LogP contribution is 2.25. The summed E-state index contributed by atoms with van der Waals surface area (Å²) in [4.78, 5) is 13.8. The molecule has 1 amide bonds. The Morgan fingerprint density at radius 1 is 1.57 bits per heavy atom. The molecular formula is C8H5F3N2O. The van der Waals surface area contributed by atoms with Gasteiger partial charge in [0.2, 0.25) is 0 Å². The van der Waals surface area contributed by atoms with Crippen LogP contribution in [-0.4, -0.2) is 17.8 Å². The average Bonchev–Trinajstić information content (AvgIpc) is 2.01. The number of hydrogen-bond donors (Lipinski definition) is 0. The third-order valence-electron chi connectivity index (χ3n) is 1.72. The summed E-state index contributed by atoms with van der Waals surface area (Å²) in [6.07, 6.45) is -3.92. The van der Waals surface area contributed by atoms with Crippen LogP contribution >= 0.6 is 0 Å². The van der Waals surface area contributed by atoms with E-state index >= 15 is 0 Å². The lowest BCUT2D eigenvalue weighted by molar-refractivity contribution is -0.119. The number of rotatable bonds is 0. The maximum absolute atomic E-state index is 12.1. The van der Waals surface area contributed by atoms with Gasteiger partial charge in [-0.15, -0.1) is 0 Å². The summed E-state index contributed by atoms with van der Waals surface area (Å²) in [5, 5.41) is 8.46. The van der Waals surface area contributed by atoms with E-state index in [1.54, 1.807) is 6.07 Å². The largest absolute Gasteiger partial charge is 0.433 e. The van der Waals surface area contributed by atoms with Crippen LogP contribution in [0, 0.1) is 17.2 Å². The molecule has 6 heteroatoms. The summed E-state index contributed by atoms with van der Waals surface area (Å²) in [7, 11) is 0. The van der Waals surface area contributed by atoms with E-state index in [-0.39, 0.29) is 5.57 Å². The summed E-state index contributed by atoms with van der Waals surface area (Å²) in [6, 6.07) is 1.58. The number of nitriles is 1. The molecule has 0 radical (unpaired) electrons. The fourth-order valence-corrected chi connectivity index (χ4v) is 1.01. The van der Waals surface area contributed by atoms with Crippen molar-refractivity contribution in [2.45, 2.75) is 13.1 Å². The van der Waals surface area contributed by atoms with Crippen LogP contribution < -0.4 is 0 Å². The molecule has 0 aromatic carbocycles. The number of nitrogens with zero attached hydrogens (tertiary/aromatic N) is 2. The number of carbonyl (C=O) groups is 1. The topological polar surface area (TPSA) is 53.2 Å². The number of allylic oxidation sites excluding steroid dienone is 1. The molecule has 0 aromatic rings. The van der Waals surface area contributed by atoms with Crippen molar-refractivity contribution in [2.24, 2.45) is 10.9 Å². The molecule has 1 unspecified atom stereocenters. The van der Waals surface area contributed by atoms with E-state index in [4.69, 9.17) is 5.26 Å². The van der Waals surface area contributed by atoms with Gasteiger partial charge in [-0.2, -0.15) is 18.4 Å². The number of halogens is 3. The second-order valence-electron chi connectivity index (χ2n) is 2.78. The molecule has 0 saturated heterocycles. The highest BCUT2D eigenvalue weighted by atomic mass is 19.4. The first kappa shape index (κ1) is 10.4. The molecule has 1 atom stereocenters. The van der Waals surface area contributed by atoms with Gasteiger partial charge in [0, 0.05) is 0 Å². The molecule has 0 bridgehead atoms. The molecule has 1 aliphatic heterocycles. The second-order valence-corrected chi connectivity index (χ2v) is 2.78. The second kappa shape index (κ2) is 3.25. The molecule has 0 N–H and O–H groups in total. The van der Waals surface area contributed by atoms with E-state index in [2.05, 4.69) is 4.99 Å². The highest BCUT2D eigenvalue weighted by Gasteiger charge is 2.38. The highest BCUT2D eigenvalue weighted by molar-refractivity contribution is 6.10. The van der Waals surface area contributed by atoms with Crippen LogP contribution in [0.5, 0.6) is 0 Å². The fraction of sp³-hybridized carbons (Fsp3) is 0.375.